The first kappa shape index (κ1) is 9.02. The Morgan fingerprint density at radius 3 is 2.62 bits per heavy atom. The van der Waals surface area contributed by atoms with E-state index in [9.17, 15) is 0 Å². The first-order valence-electron chi connectivity index (χ1n) is 4.27. The van der Waals surface area contributed by atoms with E-state index in [1.165, 1.54) is 0 Å². The van der Waals surface area contributed by atoms with Crippen LogP contribution in [-0.4, -0.2) is 18.4 Å². The Morgan fingerprint density at radius 1 is 1.38 bits per heavy atom. The van der Waals surface area contributed by atoms with Gasteiger partial charge in [0.1, 0.15) is 0 Å². The zero-order valence-corrected chi connectivity index (χ0v) is 8.71. The van der Waals surface area contributed by atoms with Crippen molar-refractivity contribution in [1.29, 1.82) is 0 Å². The molecule has 0 atom stereocenters. The number of halogens is 1. The fourth-order valence-corrected chi connectivity index (χ4v) is 2.24. The quantitative estimate of drug-likeness (QED) is 0.823. The lowest BCUT2D eigenvalue weighted by Gasteiger charge is -2.20. The zero-order valence-electron chi connectivity index (χ0n) is 7.12. The lowest BCUT2D eigenvalue weighted by molar-refractivity contribution is 0.0853. The van der Waals surface area contributed by atoms with Gasteiger partial charge in [-0.25, -0.2) is 0 Å². The summed E-state index contributed by atoms with van der Waals surface area (Å²) in [6, 6.07) is 0. The van der Waals surface area contributed by atoms with Crippen molar-refractivity contribution in [2.24, 2.45) is 0 Å². The summed E-state index contributed by atoms with van der Waals surface area (Å²) in [6.45, 7) is 1.59. The largest absolute Gasteiger partial charge is 0.381 e. The number of nitrogens with two attached hydrogens (primary N) is 1. The molecule has 1 aliphatic rings. The van der Waals surface area contributed by atoms with Crippen LogP contribution in [0.2, 0.25) is 0 Å². The summed E-state index contributed by atoms with van der Waals surface area (Å²) in [5.74, 6) is 0.855. The molecule has 1 fully saturated rings. The maximum absolute atomic E-state index is 5.67. The predicted octanol–water partition coefficient (Wildman–Crippen LogP) is 1.91. The Kier molecular flexibility index (Phi) is 2.55. The standard InChI is InChI=1S/C8H11BrN2O2/c9-7-6(8(10)13-11-7)5-1-3-12-4-2-5/h5H,1-4,10H2. The topological polar surface area (TPSA) is 61.3 Å². The molecule has 0 amide bonds. The second-order valence-electron chi connectivity index (χ2n) is 3.14. The van der Waals surface area contributed by atoms with Crippen LogP contribution in [0.25, 0.3) is 0 Å². The molecule has 0 aliphatic carbocycles. The van der Waals surface area contributed by atoms with Gasteiger partial charge in [-0.2, -0.15) is 0 Å². The average molecular weight is 247 g/mol. The molecule has 1 aromatic heterocycles. The molecule has 5 heteroatoms. The number of hydrogen-bond acceptors (Lipinski definition) is 4. The van der Waals surface area contributed by atoms with Crippen LogP contribution in [0.5, 0.6) is 0 Å². The molecule has 0 radical (unpaired) electrons. The van der Waals surface area contributed by atoms with E-state index in [1.807, 2.05) is 0 Å². The first-order valence-corrected chi connectivity index (χ1v) is 5.06. The minimum Gasteiger partial charge on any atom is -0.381 e. The molecule has 0 spiro atoms. The van der Waals surface area contributed by atoms with Crippen LogP contribution in [0.15, 0.2) is 9.13 Å². The lowest BCUT2D eigenvalue weighted by Crippen LogP contribution is -2.14. The van der Waals surface area contributed by atoms with Crippen LogP contribution < -0.4 is 5.73 Å². The molecule has 1 aromatic rings. The first-order chi connectivity index (χ1) is 6.29. The summed E-state index contributed by atoms with van der Waals surface area (Å²) in [5.41, 5.74) is 6.68. The average Bonchev–Trinajstić information content (AvgIpc) is 2.48. The van der Waals surface area contributed by atoms with E-state index in [0.29, 0.717) is 11.8 Å². The second kappa shape index (κ2) is 3.67. The van der Waals surface area contributed by atoms with E-state index in [0.717, 1.165) is 36.2 Å². The van der Waals surface area contributed by atoms with Gasteiger partial charge in [-0.05, 0) is 34.7 Å². The third-order valence-electron chi connectivity index (χ3n) is 2.34. The highest BCUT2D eigenvalue weighted by Gasteiger charge is 2.24. The van der Waals surface area contributed by atoms with E-state index >= 15 is 0 Å². The van der Waals surface area contributed by atoms with Gasteiger partial charge in [0, 0.05) is 13.2 Å². The zero-order chi connectivity index (χ0) is 9.26. The maximum Gasteiger partial charge on any atom is 0.226 e. The summed E-state index contributed by atoms with van der Waals surface area (Å²) in [4.78, 5) is 0. The molecule has 2 N–H and O–H groups in total. The Morgan fingerprint density at radius 2 is 2.08 bits per heavy atom. The summed E-state index contributed by atoms with van der Waals surface area (Å²) >= 11 is 3.33. The smallest absolute Gasteiger partial charge is 0.226 e. The van der Waals surface area contributed by atoms with Gasteiger partial charge in [0.15, 0.2) is 4.60 Å². The molecule has 2 rings (SSSR count). The summed E-state index contributed by atoms with van der Waals surface area (Å²) in [7, 11) is 0. The molecule has 1 saturated heterocycles. The highest BCUT2D eigenvalue weighted by Crippen LogP contribution is 2.35. The van der Waals surface area contributed by atoms with E-state index in [-0.39, 0.29) is 0 Å². The number of rotatable bonds is 1. The van der Waals surface area contributed by atoms with E-state index in [2.05, 4.69) is 21.1 Å². The van der Waals surface area contributed by atoms with Crippen LogP contribution >= 0.6 is 15.9 Å². The van der Waals surface area contributed by atoms with Crippen LogP contribution in [-0.2, 0) is 4.74 Å². The molecular formula is C8H11BrN2O2. The molecule has 4 nitrogen and oxygen atoms in total. The maximum atomic E-state index is 5.67. The van der Waals surface area contributed by atoms with Crippen molar-refractivity contribution in [3.05, 3.63) is 10.2 Å². The fraction of sp³-hybridized carbons (Fsp3) is 0.625. The molecule has 0 aromatic carbocycles. The number of hydrogen-bond donors (Lipinski definition) is 1. The van der Waals surface area contributed by atoms with Crippen molar-refractivity contribution < 1.29 is 9.26 Å². The number of nitrogens with zero attached hydrogens (tertiary/aromatic N) is 1. The van der Waals surface area contributed by atoms with Crippen LogP contribution in [0.4, 0.5) is 5.88 Å². The Hall–Kier alpha value is -0.550. The van der Waals surface area contributed by atoms with Crippen molar-refractivity contribution in [2.45, 2.75) is 18.8 Å². The minimum atomic E-state index is 0.425. The normalized spacial score (nSPS) is 19.2. The third kappa shape index (κ3) is 1.71. The van der Waals surface area contributed by atoms with E-state index in [4.69, 9.17) is 15.0 Å². The fourth-order valence-electron chi connectivity index (χ4n) is 1.65. The van der Waals surface area contributed by atoms with Crippen LogP contribution in [0, 0.1) is 0 Å². The van der Waals surface area contributed by atoms with Crippen molar-refractivity contribution in [1.82, 2.24) is 5.16 Å². The van der Waals surface area contributed by atoms with Crippen LogP contribution in [0.1, 0.15) is 24.3 Å². The Balaban J connectivity index is 2.22. The molecular weight excluding hydrogens is 236 g/mol. The molecule has 0 bridgehead atoms. The summed E-state index contributed by atoms with van der Waals surface area (Å²) in [6.07, 6.45) is 1.98. The van der Waals surface area contributed by atoms with Gasteiger partial charge in [0.25, 0.3) is 0 Å². The molecule has 0 saturated carbocycles. The molecule has 1 aliphatic heterocycles. The van der Waals surface area contributed by atoms with Gasteiger partial charge in [-0.1, -0.05) is 5.16 Å². The second-order valence-corrected chi connectivity index (χ2v) is 3.89. The molecule has 0 unspecified atom stereocenters. The molecule has 2 heterocycles. The Bertz CT molecular complexity index is 275. The summed E-state index contributed by atoms with van der Waals surface area (Å²) in [5, 5.41) is 3.77. The molecule has 13 heavy (non-hydrogen) atoms. The van der Waals surface area contributed by atoms with Crippen LogP contribution in [0.3, 0.4) is 0 Å². The number of anilines is 1. The highest BCUT2D eigenvalue weighted by molar-refractivity contribution is 9.10. The van der Waals surface area contributed by atoms with E-state index in [1.54, 1.807) is 0 Å². The van der Waals surface area contributed by atoms with Crippen molar-refractivity contribution in [2.75, 3.05) is 18.9 Å². The Labute approximate surface area is 84.5 Å². The third-order valence-corrected chi connectivity index (χ3v) is 2.91. The minimum absolute atomic E-state index is 0.425. The van der Waals surface area contributed by atoms with E-state index < -0.39 is 0 Å². The van der Waals surface area contributed by atoms with Gasteiger partial charge in [0.05, 0.1) is 5.56 Å². The monoisotopic (exact) mass is 246 g/mol. The number of nitrogen functional groups attached to an aromatic ring is 1. The predicted molar refractivity (Wildman–Crippen MR) is 51.4 cm³/mol. The van der Waals surface area contributed by atoms with Gasteiger partial charge in [-0.3, -0.25) is 0 Å². The van der Waals surface area contributed by atoms with Gasteiger partial charge >= 0.3 is 0 Å². The number of aromatic nitrogens is 1. The van der Waals surface area contributed by atoms with Crippen molar-refractivity contribution in [3.63, 3.8) is 0 Å². The summed E-state index contributed by atoms with van der Waals surface area (Å²) < 4.78 is 10.9. The van der Waals surface area contributed by atoms with Gasteiger partial charge < -0.3 is 15.0 Å². The van der Waals surface area contributed by atoms with Gasteiger partial charge in [-0.15, -0.1) is 0 Å². The van der Waals surface area contributed by atoms with Crippen molar-refractivity contribution in [3.8, 4) is 0 Å². The number of ether oxygens (including phenoxy) is 1. The van der Waals surface area contributed by atoms with Crippen molar-refractivity contribution >= 4 is 21.8 Å². The molecule has 72 valence electrons. The SMILES string of the molecule is Nc1onc(Br)c1C1CCOCC1. The highest BCUT2D eigenvalue weighted by atomic mass is 79.9. The van der Waals surface area contributed by atoms with Gasteiger partial charge in [0.2, 0.25) is 5.88 Å². The lowest BCUT2D eigenvalue weighted by atomic mass is 9.94.